The average molecular weight is 420 g/mol. The number of rotatable bonds is 6. The molecule has 1 fully saturated rings. The molecule has 2 aliphatic rings. The van der Waals surface area contributed by atoms with E-state index >= 15 is 0 Å². The van der Waals surface area contributed by atoms with Crippen LogP contribution in [-0.2, 0) is 24.3 Å². The Balaban J connectivity index is 0.00000240. The number of benzene rings is 1. The Morgan fingerprint density at radius 3 is 2.83 bits per heavy atom. The standard InChI is InChI=1S/C21H29N5O2.ClH/c22-13-20-24-18(25-28-20)14-26-11-5-9-16-8-4-10-17(21(16)26)23-19(27)12-15-6-2-1-3-7-15;/h4,8,10,15H,1-3,5-7,9,11-14,22H2,(H,23,27);1H. The predicted octanol–water partition coefficient (Wildman–Crippen LogP) is 3.81. The molecule has 2 heterocycles. The van der Waals surface area contributed by atoms with Gasteiger partial charge in [0.1, 0.15) is 0 Å². The molecule has 0 bridgehead atoms. The number of aromatic nitrogens is 2. The molecule has 4 rings (SSSR count). The number of nitrogens with two attached hydrogens (primary N) is 1. The molecule has 3 N–H and O–H groups in total. The lowest BCUT2D eigenvalue weighted by molar-refractivity contribution is -0.117. The van der Waals surface area contributed by atoms with E-state index in [-0.39, 0.29) is 24.9 Å². The number of aryl methyl sites for hydroxylation is 1. The SMILES string of the molecule is Cl.NCc1nc(CN2CCCc3cccc(NC(=O)CC4CCCCC4)c32)no1. The Hall–Kier alpha value is -2.12. The van der Waals surface area contributed by atoms with Crippen molar-refractivity contribution in [3.8, 4) is 0 Å². The zero-order valence-electron chi connectivity index (χ0n) is 16.7. The summed E-state index contributed by atoms with van der Waals surface area (Å²) in [5.41, 5.74) is 8.80. The summed E-state index contributed by atoms with van der Waals surface area (Å²) in [5, 5.41) is 7.21. The first-order valence-corrected chi connectivity index (χ1v) is 10.4. The lowest BCUT2D eigenvalue weighted by Gasteiger charge is -2.32. The van der Waals surface area contributed by atoms with E-state index in [9.17, 15) is 4.79 Å². The maximum Gasteiger partial charge on any atom is 0.240 e. The van der Waals surface area contributed by atoms with Crippen LogP contribution in [0.4, 0.5) is 11.4 Å². The molecule has 0 spiro atoms. The van der Waals surface area contributed by atoms with Gasteiger partial charge in [0.15, 0.2) is 5.82 Å². The van der Waals surface area contributed by atoms with Gasteiger partial charge >= 0.3 is 0 Å². The Bertz CT molecular complexity index is 819. The third-order valence-corrected chi connectivity index (χ3v) is 5.80. The van der Waals surface area contributed by atoms with Gasteiger partial charge in [0.25, 0.3) is 0 Å². The summed E-state index contributed by atoms with van der Waals surface area (Å²) in [6.07, 6.45) is 8.85. The topological polar surface area (TPSA) is 97.3 Å². The van der Waals surface area contributed by atoms with Crippen molar-refractivity contribution in [3.63, 3.8) is 0 Å². The van der Waals surface area contributed by atoms with Crippen molar-refractivity contribution >= 4 is 29.7 Å². The minimum absolute atomic E-state index is 0. The summed E-state index contributed by atoms with van der Waals surface area (Å²) < 4.78 is 5.14. The number of nitrogens with one attached hydrogen (secondary N) is 1. The zero-order valence-corrected chi connectivity index (χ0v) is 17.5. The van der Waals surface area contributed by atoms with Crippen LogP contribution in [0.5, 0.6) is 0 Å². The maximum absolute atomic E-state index is 12.7. The van der Waals surface area contributed by atoms with Crippen molar-refractivity contribution in [1.82, 2.24) is 10.1 Å². The molecule has 0 radical (unpaired) electrons. The molecule has 1 aliphatic carbocycles. The molecule has 7 nitrogen and oxygen atoms in total. The third-order valence-electron chi connectivity index (χ3n) is 5.80. The van der Waals surface area contributed by atoms with Gasteiger partial charge in [-0.2, -0.15) is 4.98 Å². The predicted molar refractivity (Wildman–Crippen MR) is 115 cm³/mol. The monoisotopic (exact) mass is 419 g/mol. The largest absolute Gasteiger partial charge is 0.362 e. The van der Waals surface area contributed by atoms with Crippen LogP contribution in [0.2, 0.25) is 0 Å². The van der Waals surface area contributed by atoms with Crippen molar-refractivity contribution in [2.75, 3.05) is 16.8 Å². The number of hydrogen-bond acceptors (Lipinski definition) is 6. The fraction of sp³-hybridized carbons (Fsp3) is 0.571. The lowest BCUT2D eigenvalue weighted by Crippen LogP contribution is -2.31. The second-order valence-corrected chi connectivity index (χ2v) is 7.90. The Morgan fingerprint density at radius 2 is 2.07 bits per heavy atom. The fourth-order valence-corrected chi connectivity index (χ4v) is 4.46. The summed E-state index contributed by atoms with van der Waals surface area (Å²) in [7, 11) is 0. The molecule has 1 aromatic heterocycles. The van der Waals surface area contributed by atoms with Gasteiger partial charge in [-0.15, -0.1) is 12.4 Å². The summed E-state index contributed by atoms with van der Waals surface area (Å²) in [4.78, 5) is 19.3. The van der Waals surface area contributed by atoms with Gasteiger partial charge in [0, 0.05) is 13.0 Å². The summed E-state index contributed by atoms with van der Waals surface area (Å²) in [6, 6.07) is 6.16. The Labute approximate surface area is 177 Å². The summed E-state index contributed by atoms with van der Waals surface area (Å²) >= 11 is 0. The number of anilines is 2. The van der Waals surface area contributed by atoms with Crippen LogP contribution in [0.1, 0.15) is 62.2 Å². The second-order valence-electron chi connectivity index (χ2n) is 7.90. The number of amides is 1. The Morgan fingerprint density at radius 1 is 1.24 bits per heavy atom. The molecule has 1 amide bonds. The third kappa shape index (κ3) is 5.28. The van der Waals surface area contributed by atoms with Gasteiger partial charge in [-0.1, -0.05) is 36.6 Å². The average Bonchev–Trinajstić information content (AvgIpc) is 3.16. The number of hydrogen-bond donors (Lipinski definition) is 2. The van der Waals surface area contributed by atoms with Crippen LogP contribution in [0.15, 0.2) is 22.7 Å². The lowest BCUT2D eigenvalue weighted by atomic mass is 9.87. The van der Waals surface area contributed by atoms with Crippen molar-refractivity contribution in [3.05, 3.63) is 35.5 Å². The van der Waals surface area contributed by atoms with E-state index in [0.29, 0.717) is 30.6 Å². The number of fused-ring (bicyclic) bond motifs is 1. The van der Waals surface area contributed by atoms with Gasteiger partial charge in [-0.25, -0.2) is 0 Å². The van der Waals surface area contributed by atoms with Gasteiger partial charge in [0.05, 0.1) is 24.5 Å². The molecule has 0 unspecified atom stereocenters. The molecule has 1 aliphatic heterocycles. The highest BCUT2D eigenvalue weighted by Crippen LogP contribution is 2.36. The van der Waals surface area contributed by atoms with Gasteiger partial charge in [-0.05, 0) is 43.2 Å². The molecular formula is C21H30ClN5O2. The van der Waals surface area contributed by atoms with E-state index in [1.54, 1.807) is 0 Å². The number of carbonyl (C=O) groups is 1. The van der Waals surface area contributed by atoms with Crippen molar-refractivity contribution in [2.24, 2.45) is 11.7 Å². The molecule has 29 heavy (non-hydrogen) atoms. The van der Waals surface area contributed by atoms with Crippen LogP contribution in [0.25, 0.3) is 0 Å². The number of carbonyl (C=O) groups excluding carboxylic acids is 1. The molecule has 1 aromatic carbocycles. The highest BCUT2D eigenvalue weighted by atomic mass is 35.5. The van der Waals surface area contributed by atoms with Gasteiger partial charge in [-0.3, -0.25) is 4.79 Å². The smallest absolute Gasteiger partial charge is 0.240 e. The first kappa shape index (κ1) is 21.6. The normalized spacial score (nSPS) is 16.8. The van der Waals surface area contributed by atoms with Crippen LogP contribution < -0.4 is 16.0 Å². The molecule has 1 saturated carbocycles. The van der Waals surface area contributed by atoms with Gasteiger partial charge in [0.2, 0.25) is 11.8 Å². The van der Waals surface area contributed by atoms with E-state index in [1.165, 1.54) is 37.7 Å². The Kier molecular flexibility index (Phi) is 7.50. The summed E-state index contributed by atoms with van der Waals surface area (Å²) in [5.74, 6) is 1.71. The number of nitrogens with zero attached hydrogens (tertiary/aromatic N) is 3. The van der Waals surface area contributed by atoms with E-state index in [2.05, 4.69) is 26.4 Å². The molecule has 2 aromatic rings. The summed E-state index contributed by atoms with van der Waals surface area (Å²) in [6.45, 7) is 1.69. The van der Waals surface area contributed by atoms with Crippen molar-refractivity contribution in [1.29, 1.82) is 0 Å². The number of para-hydroxylation sites is 1. The quantitative estimate of drug-likeness (QED) is 0.738. The maximum atomic E-state index is 12.7. The van der Waals surface area contributed by atoms with E-state index in [1.807, 2.05) is 12.1 Å². The minimum atomic E-state index is 0. The van der Waals surface area contributed by atoms with E-state index in [0.717, 1.165) is 30.8 Å². The van der Waals surface area contributed by atoms with E-state index in [4.69, 9.17) is 10.3 Å². The molecule has 8 heteroatoms. The van der Waals surface area contributed by atoms with E-state index < -0.39 is 0 Å². The first-order chi connectivity index (χ1) is 13.7. The zero-order chi connectivity index (χ0) is 19.3. The highest BCUT2D eigenvalue weighted by molar-refractivity contribution is 5.95. The second kappa shape index (κ2) is 10.1. The van der Waals surface area contributed by atoms with Gasteiger partial charge < -0.3 is 20.5 Å². The fourth-order valence-electron chi connectivity index (χ4n) is 4.46. The molecule has 158 valence electrons. The van der Waals surface area contributed by atoms with Crippen molar-refractivity contribution in [2.45, 2.75) is 64.5 Å². The molecular weight excluding hydrogens is 390 g/mol. The molecule has 0 atom stereocenters. The first-order valence-electron chi connectivity index (χ1n) is 10.4. The van der Waals surface area contributed by atoms with Crippen LogP contribution in [-0.4, -0.2) is 22.6 Å². The van der Waals surface area contributed by atoms with Crippen LogP contribution in [0.3, 0.4) is 0 Å². The molecule has 0 saturated heterocycles. The van der Waals surface area contributed by atoms with Crippen LogP contribution in [0, 0.1) is 5.92 Å². The van der Waals surface area contributed by atoms with Crippen molar-refractivity contribution < 1.29 is 9.32 Å². The number of halogens is 1. The highest BCUT2D eigenvalue weighted by Gasteiger charge is 2.24. The van der Waals surface area contributed by atoms with Crippen LogP contribution >= 0.6 is 12.4 Å². The minimum Gasteiger partial charge on any atom is -0.362 e.